The van der Waals surface area contributed by atoms with E-state index in [1.165, 1.54) is 0 Å². The Balaban J connectivity index is 2.39. The molecular formula is C13H19NO4. The molecule has 1 rings (SSSR count). The third-order valence-electron chi connectivity index (χ3n) is 2.85. The van der Waals surface area contributed by atoms with Gasteiger partial charge in [-0.3, -0.25) is 9.59 Å². The molecule has 1 aliphatic heterocycles. The summed E-state index contributed by atoms with van der Waals surface area (Å²) in [6, 6.07) is 0. The van der Waals surface area contributed by atoms with Crippen molar-refractivity contribution in [2.24, 2.45) is 5.92 Å². The first-order valence-corrected chi connectivity index (χ1v) is 6.19. The molecular weight excluding hydrogens is 234 g/mol. The quantitative estimate of drug-likeness (QED) is 0.565. The van der Waals surface area contributed by atoms with Gasteiger partial charge in [0.25, 0.3) is 0 Å². The molecule has 100 valence electrons. The number of esters is 1. The lowest BCUT2D eigenvalue weighted by molar-refractivity contribution is -0.139. The Kier molecular flexibility index (Phi) is 5.55. The van der Waals surface area contributed by atoms with E-state index < -0.39 is 5.97 Å². The van der Waals surface area contributed by atoms with Crippen LogP contribution in [0.1, 0.15) is 32.6 Å². The summed E-state index contributed by atoms with van der Waals surface area (Å²) in [6.07, 6.45) is 1.75. The SMILES string of the molecule is C=C(CC(=O)CC1CCCNC1=O)C(=O)OCC. The van der Waals surface area contributed by atoms with Gasteiger partial charge in [-0.1, -0.05) is 6.58 Å². The van der Waals surface area contributed by atoms with Gasteiger partial charge in [-0.2, -0.15) is 0 Å². The van der Waals surface area contributed by atoms with Crippen LogP contribution in [0.2, 0.25) is 0 Å². The number of hydrogen-bond donors (Lipinski definition) is 1. The van der Waals surface area contributed by atoms with Crippen LogP contribution in [0.15, 0.2) is 12.2 Å². The molecule has 0 aromatic carbocycles. The van der Waals surface area contributed by atoms with Crippen LogP contribution in [0.3, 0.4) is 0 Å². The van der Waals surface area contributed by atoms with Gasteiger partial charge < -0.3 is 10.1 Å². The first-order chi connectivity index (χ1) is 8.54. The zero-order valence-corrected chi connectivity index (χ0v) is 10.7. The number of piperidine rings is 1. The third-order valence-corrected chi connectivity index (χ3v) is 2.85. The van der Waals surface area contributed by atoms with Gasteiger partial charge in [-0.05, 0) is 19.8 Å². The number of ether oxygens (including phenoxy) is 1. The van der Waals surface area contributed by atoms with Crippen LogP contribution in [0.5, 0.6) is 0 Å². The molecule has 0 aromatic rings. The molecule has 0 aliphatic carbocycles. The number of amides is 1. The Hall–Kier alpha value is -1.65. The molecule has 0 aromatic heterocycles. The lowest BCUT2D eigenvalue weighted by atomic mass is 9.91. The van der Waals surface area contributed by atoms with Gasteiger partial charge in [0.15, 0.2) is 0 Å². The molecule has 18 heavy (non-hydrogen) atoms. The fraction of sp³-hybridized carbons (Fsp3) is 0.615. The smallest absolute Gasteiger partial charge is 0.333 e. The predicted molar refractivity (Wildman–Crippen MR) is 65.7 cm³/mol. The third kappa shape index (κ3) is 4.31. The van der Waals surface area contributed by atoms with Crippen LogP contribution in [0, 0.1) is 5.92 Å². The Labute approximate surface area is 107 Å². The van der Waals surface area contributed by atoms with E-state index in [0.717, 1.165) is 12.8 Å². The molecule has 1 saturated heterocycles. The topological polar surface area (TPSA) is 72.5 Å². The summed E-state index contributed by atoms with van der Waals surface area (Å²) in [7, 11) is 0. The second-order valence-electron chi connectivity index (χ2n) is 4.37. The van der Waals surface area contributed by atoms with E-state index in [0.29, 0.717) is 6.54 Å². The molecule has 1 amide bonds. The van der Waals surface area contributed by atoms with Gasteiger partial charge >= 0.3 is 5.97 Å². The summed E-state index contributed by atoms with van der Waals surface area (Å²) in [5, 5.41) is 2.73. The lowest BCUT2D eigenvalue weighted by Gasteiger charge is -2.21. The van der Waals surface area contributed by atoms with E-state index in [9.17, 15) is 14.4 Å². The van der Waals surface area contributed by atoms with Crippen LogP contribution >= 0.6 is 0 Å². The molecule has 0 radical (unpaired) electrons. The van der Waals surface area contributed by atoms with E-state index in [4.69, 9.17) is 4.74 Å². The van der Waals surface area contributed by atoms with Crippen molar-refractivity contribution in [3.63, 3.8) is 0 Å². The average Bonchev–Trinajstić information content (AvgIpc) is 2.32. The maximum absolute atomic E-state index is 11.7. The number of Topliss-reactive ketones (excluding diaryl/α,β-unsaturated/α-hetero) is 1. The highest BCUT2D eigenvalue weighted by molar-refractivity contribution is 5.96. The second-order valence-corrected chi connectivity index (χ2v) is 4.37. The van der Waals surface area contributed by atoms with E-state index in [-0.39, 0.29) is 42.6 Å². The summed E-state index contributed by atoms with van der Waals surface area (Å²) in [5.74, 6) is -1.02. The van der Waals surface area contributed by atoms with Crippen molar-refractivity contribution in [1.29, 1.82) is 0 Å². The lowest BCUT2D eigenvalue weighted by Crippen LogP contribution is -2.37. The van der Waals surface area contributed by atoms with E-state index in [2.05, 4.69) is 11.9 Å². The molecule has 5 heteroatoms. The highest BCUT2D eigenvalue weighted by Crippen LogP contribution is 2.17. The minimum atomic E-state index is -0.543. The second kappa shape index (κ2) is 6.93. The predicted octanol–water partition coefficient (Wildman–Crippen LogP) is 0.981. The van der Waals surface area contributed by atoms with Gasteiger partial charge in [0.1, 0.15) is 5.78 Å². The number of carbonyl (C=O) groups excluding carboxylic acids is 3. The van der Waals surface area contributed by atoms with Gasteiger partial charge in [-0.25, -0.2) is 4.79 Å². The Bertz CT molecular complexity index is 362. The fourth-order valence-electron chi connectivity index (χ4n) is 1.92. The molecule has 5 nitrogen and oxygen atoms in total. The minimum absolute atomic E-state index is 0.0391. The normalized spacial score (nSPS) is 18.9. The molecule has 1 fully saturated rings. The van der Waals surface area contributed by atoms with E-state index in [1.807, 2.05) is 0 Å². The van der Waals surface area contributed by atoms with Crippen LogP contribution in [0.25, 0.3) is 0 Å². The molecule has 1 aliphatic rings. The van der Waals surface area contributed by atoms with Gasteiger partial charge in [0.2, 0.25) is 5.91 Å². The van der Waals surface area contributed by atoms with Gasteiger partial charge in [0.05, 0.1) is 6.61 Å². The maximum Gasteiger partial charge on any atom is 0.333 e. The van der Waals surface area contributed by atoms with Crippen LogP contribution in [-0.4, -0.2) is 30.8 Å². The molecule has 1 unspecified atom stereocenters. The van der Waals surface area contributed by atoms with Crippen molar-refractivity contribution in [3.8, 4) is 0 Å². The average molecular weight is 253 g/mol. The largest absolute Gasteiger partial charge is 0.463 e. The van der Waals surface area contributed by atoms with E-state index >= 15 is 0 Å². The van der Waals surface area contributed by atoms with Gasteiger partial charge in [0, 0.05) is 30.9 Å². The molecule has 0 saturated carbocycles. The number of ketones is 1. The molecule has 1 heterocycles. The van der Waals surface area contributed by atoms with Crippen molar-refractivity contribution < 1.29 is 19.1 Å². The first-order valence-electron chi connectivity index (χ1n) is 6.19. The summed E-state index contributed by atoms with van der Waals surface area (Å²) < 4.78 is 4.75. The monoisotopic (exact) mass is 253 g/mol. The van der Waals surface area contributed by atoms with Gasteiger partial charge in [-0.15, -0.1) is 0 Å². The summed E-state index contributed by atoms with van der Waals surface area (Å²) in [6.45, 7) is 6.16. The highest BCUT2D eigenvalue weighted by Gasteiger charge is 2.25. The van der Waals surface area contributed by atoms with Crippen LogP contribution in [0.4, 0.5) is 0 Å². The molecule has 0 bridgehead atoms. The number of carbonyl (C=O) groups is 3. The number of nitrogens with one attached hydrogen (secondary N) is 1. The highest BCUT2D eigenvalue weighted by atomic mass is 16.5. The zero-order chi connectivity index (χ0) is 13.5. The van der Waals surface area contributed by atoms with Crippen molar-refractivity contribution in [2.45, 2.75) is 32.6 Å². The van der Waals surface area contributed by atoms with Crippen molar-refractivity contribution >= 4 is 17.7 Å². The Morgan fingerprint density at radius 2 is 2.22 bits per heavy atom. The standard InChI is InChI=1S/C13H19NO4/c1-3-18-13(17)9(2)7-11(15)8-10-5-4-6-14-12(10)16/h10H,2-8H2,1H3,(H,14,16). The summed E-state index contributed by atoms with van der Waals surface area (Å²) in [4.78, 5) is 34.5. The number of hydrogen-bond acceptors (Lipinski definition) is 4. The van der Waals surface area contributed by atoms with Crippen molar-refractivity contribution in [1.82, 2.24) is 5.32 Å². The number of rotatable bonds is 6. The van der Waals surface area contributed by atoms with Crippen LogP contribution in [-0.2, 0) is 19.1 Å². The van der Waals surface area contributed by atoms with Crippen molar-refractivity contribution in [2.75, 3.05) is 13.2 Å². The van der Waals surface area contributed by atoms with Crippen LogP contribution < -0.4 is 5.32 Å². The minimum Gasteiger partial charge on any atom is -0.463 e. The Morgan fingerprint density at radius 1 is 1.50 bits per heavy atom. The fourth-order valence-corrected chi connectivity index (χ4v) is 1.92. The first kappa shape index (κ1) is 14.4. The summed E-state index contributed by atoms with van der Waals surface area (Å²) in [5.41, 5.74) is 0.151. The van der Waals surface area contributed by atoms with Crippen molar-refractivity contribution in [3.05, 3.63) is 12.2 Å². The summed E-state index contributed by atoms with van der Waals surface area (Å²) >= 11 is 0. The molecule has 0 spiro atoms. The Morgan fingerprint density at radius 3 is 2.83 bits per heavy atom. The molecule has 1 atom stereocenters. The molecule has 1 N–H and O–H groups in total. The maximum atomic E-state index is 11.7. The van der Waals surface area contributed by atoms with E-state index in [1.54, 1.807) is 6.92 Å². The zero-order valence-electron chi connectivity index (χ0n) is 10.7.